The molecule has 0 radical (unpaired) electrons. The van der Waals surface area contributed by atoms with Crippen LogP contribution in [-0.2, 0) is 0 Å². The Balaban J connectivity index is 5.05. The van der Waals surface area contributed by atoms with Gasteiger partial charge in [-0.3, -0.25) is 4.99 Å². The monoisotopic (exact) mass is 282 g/mol. The van der Waals surface area contributed by atoms with Crippen molar-refractivity contribution in [3.05, 3.63) is 59.3 Å². The van der Waals surface area contributed by atoms with Crippen LogP contribution in [-0.4, -0.2) is 12.8 Å². The summed E-state index contributed by atoms with van der Waals surface area (Å²) in [5.74, 6) is 0. The number of nitrogens with zero attached hydrogens (tertiary/aromatic N) is 2. The van der Waals surface area contributed by atoms with E-state index < -0.39 is 0 Å². The molecule has 0 saturated carbocycles. The second kappa shape index (κ2) is 10.6. The van der Waals surface area contributed by atoms with Gasteiger partial charge in [0.25, 0.3) is 0 Å². The normalized spacial score (nSPS) is 14.5. The van der Waals surface area contributed by atoms with E-state index in [0.717, 1.165) is 29.7 Å². The number of hydrogen-bond acceptors (Lipinski definition) is 2. The first kappa shape index (κ1) is 18.9. The van der Waals surface area contributed by atoms with Gasteiger partial charge in [-0.2, -0.15) is 5.26 Å². The van der Waals surface area contributed by atoms with Crippen molar-refractivity contribution in [2.24, 2.45) is 4.99 Å². The van der Waals surface area contributed by atoms with E-state index in [-0.39, 0.29) is 0 Å². The fourth-order valence-electron chi connectivity index (χ4n) is 1.61. The van der Waals surface area contributed by atoms with Crippen LogP contribution in [0.5, 0.6) is 0 Å². The maximum absolute atomic E-state index is 8.80. The second-order valence-corrected chi connectivity index (χ2v) is 4.97. The molecule has 0 aromatic heterocycles. The molecule has 0 heterocycles. The Kier molecular flexibility index (Phi) is 9.54. The third-order valence-corrected chi connectivity index (χ3v) is 3.06. The van der Waals surface area contributed by atoms with Crippen LogP contribution in [0.15, 0.2) is 64.2 Å². The average molecular weight is 282 g/mol. The van der Waals surface area contributed by atoms with Gasteiger partial charge in [-0.25, -0.2) is 0 Å². The maximum atomic E-state index is 8.80. The van der Waals surface area contributed by atoms with Gasteiger partial charge in [-0.15, -0.1) is 0 Å². The Labute approximate surface area is 129 Å². The van der Waals surface area contributed by atoms with E-state index in [4.69, 9.17) is 5.26 Å². The molecule has 0 fully saturated rings. The zero-order chi connectivity index (χ0) is 16.3. The van der Waals surface area contributed by atoms with Crippen molar-refractivity contribution in [3.8, 4) is 6.07 Å². The summed E-state index contributed by atoms with van der Waals surface area (Å²) in [4.78, 5) is 4.33. The predicted molar refractivity (Wildman–Crippen MR) is 93.4 cm³/mol. The van der Waals surface area contributed by atoms with Crippen molar-refractivity contribution in [1.82, 2.24) is 0 Å². The summed E-state index contributed by atoms with van der Waals surface area (Å²) in [6, 6.07) is 2.05. The van der Waals surface area contributed by atoms with Crippen molar-refractivity contribution in [2.45, 2.75) is 40.5 Å². The molecule has 0 unspecified atom stereocenters. The van der Waals surface area contributed by atoms with Gasteiger partial charge in [-0.1, -0.05) is 43.4 Å². The Morgan fingerprint density at radius 3 is 2.29 bits per heavy atom. The quantitative estimate of drug-likeness (QED) is 0.269. The van der Waals surface area contributed by atoms with Gasteiger partial charge in [0, 0.05) is 12.6 Å². The van der Waals surface area contributed by atoms with Crippen LogP contribution >= 0.6 is 0 Å². The Morgan fingerprint density at radius 1 is 1.14 bits per heavy atom. The molecule has 0 aromatic rings. The van der Waals surface area contributed by atoms with Gasteiger partial charge < -0.3 is 0 Å². The summed E-state index contributed by atoms with van der Waals surface area (Å²) in [5, 5.41) is 8.80. The SMILES string of the molecule is C=C(C#N)/C(C)=C\C=C(/C)C(/C=C(\C)C/C=C\CC)=NC. The lowest BCUT2D eigenvalue weighted by Gasteiger charge is -2.03. The maximum Gasteiger partial charge on any atom is 0.0988 e. The third kappa shape index (κ3) is 7.89. The summed E-state index contributed by atoms with van der Waals surface area (Å²) in [6.45, 7) is 11.8. The first-order valence-electron chi connectivity index (χ1n) is 7.20. The molecule has 0 aromatic carbocycles. The van der Waals surface area contributed by atoms with E-state index >= 15 is 0 Å². The molecule has 0 aliphatic rings. The molecule has 112 valence electrons. The molecule has 0 N–H and O–H groups in total. The van der Waals surface area contributed by atoms with E-state index in [1.807, 2.05) is 26.0 Å². The number of rotatable bonds is 7. The molecule has 2 nitrogen and oxygen atoms in total. The topological polar surface area (TPSA) is 36.1 Å². The van der Waals surface area contributed by atoms with Crippen molar-refractivity contribution in [1.29, 1.82) is 5.26 Å². The minimum atomic E-state index is 0.491. The highest BCUT2D eigenvalue weighted by atomic mass is 14.7. The van der Waals surface area contributed by atoms with Crippen molar-refractivity contribution >= 4 is 5.71 Å². The van der Waals surface area contributed by atoms with Crippen molar-refractivity contribution in [3.63, 3.8) is 0 Å². The van der Waals surface area contributed by atoms with Gasteiger partial charge in [0.15, 0.2) is 0 Å². The fourth-order valence-corrected chi connectivity index (χ4v) is 1.61. The van der Waals surface area contributed by atoms with Crippen LogP contribution in [0.1, 0.15) is 40.5 Å². The highest BCUT2D eigenvalue weighted by molar-refractivity contribution is 6.08. The standard InChI is InChI=1S/C19H26N2/c1-7-8-9-10-15(2)13-19(21-6)17(4)12-11-16(3)18(5)14-20/h8-9,11-13H,5,7,10H2,1-4,6H3/b9-8-,15-13+,16-11-,17-12+,21-19?. The molecule has 0 atom stereocenters. The lowest BCUT2D eigenvalue weighted by atomic mass is 10.1. The Bertz CT molecular complexity index is 547. The zero-order valence-corrected chi connectivity index (χ0v) is 13.9. The van der Waals surface area contributed by atoms with E-state index in [2.05, 4.69) is 49.7 Å². The second-order valence-electron chi connectivity index (χ2n) is 4.97. The van der Waals surface area contributed by atoms with E-state index in [0.29, 0.717) is 5.57 Å². The molecule has 0 aliphatic heterocycles. The number of hydrogen-bond donors (Lipinski definition) is 0. The number of allylic oxidation sites excluding steroid dienone is 9. The summed E-state index contributed by atoms with van der Waals surface area (Å²) in [5.41, 5.74) is 4.67. The van der Waals surface area contributed by atoms with Gasteiger partial charge in [0.1, 0.15) is 0 Å². The minimum Gasteiger partial charge on any atom is -0.288 e. The van der Waals surface area contributed by atoms with Gasteiger partial charge in [0.2, 0.25) is 0 Å². The van der Waals surface area contributed by atoms with Crippen LogP contribution in [0, 0.1) is 11.3 Å². The first-order chi connectivity index (χ1) is 9.96. The molecule has 0 spiro atoms. The Hall–Kier alpha value is -2.14. The van der Waals surface area contributed by atoms with Crippen LogP contribution in [0.3, 0.4) is 0 Å². The van der Waals surface area contributed by atoms with Crippen molar-refractivity contribution < 1.29 is 0 Å². The van der Waals surface area contributed by atoms with E-state index in [9.17, 15) is 0 Å². The summed E-state index contributed by atoms with van der Waals surface area (Å²) in [7, 11) is 1.79. The van der Waals surface area contributed by atoms with E-state index in [1.54, 1.807) is 7.05 Å². The average Bonchev–Trinajstić information content (AvgIpc) is 2.49. The van der Waals surface area contributed by atoms with Crippen LogP contribution < -0.4 is 0 Å². The highest BCUT2D eigenvalue weighted by Crippen LogP contribution is 2.10. The first-order valence-corrected chi connectivity index (χ1v) is 7.20. The van der Waals surface area contributed by atoms with Gasteiger partial charge >= 0.3 is 0 Å². The smallest absolute Gasteiger partial charge is 0.0988 e. The molecular weight excluding hydrogens is 256 g/mol. The third-order valence-electron chi connectivity index (χ3n) is 3.06. The lowest BCUT2D eigenvalue weighted by molar-refractivity contribution is 1.16. The molecule has 0 bridgehead atoms. The summed E-state index contributed by atoms with van der Waals surface area (Å²) >= 11 is 0. The highest BCUT2D eigenvalue weighted by Gasteiger charge is 1.99. The number of aliphatic imine (C=N–C) groups is 1. The molecule has 0 saturated heterocycles. The molecule has 0 amide bonds. The molecule has 0 rings (SSSR count). The molecule has 0 aliphatic carbocycles. The molecule has 21 heavy (non-hydrogen) atoms. The molecular formula is C19H26N2. The van der Waals surface area contributed by atoms with Gasteiger partial charge in [0.05, 0.1) is 11.8 Å². The summed E-state index contributed by atoms with van der Waals surface area (Å²) < 4.78 is 0. The predicted octanol–water partition coefficient (Wildman–Crippen LogP) is 5.33. The lowest BCUT2D eigenvalue weighted by Crippen LogP contribution is -1.97. The summed E-state index contributed by atoms with van der Waals surface area (Å²) in [6.07, 6.45) is 12.3. The zero-order valence-electron chi connectivity index (χ0n) is 13.9. The fraction of sp³-hybridized carbons (Fsp3) is 0.368. The molecule has 2 heteroatoms. The van der Waals surface area contributed by atoms with E-state index in [1.165, 1.54) is 5.57 Å². The largest absolute Gasteiger partial charge is 0.288 e. The van der Waals surface area contributed by atoms with Crippen molar-refractivity contribution in [2.75, 3.05) is 7.05 Å². The van der Waals surface area contributed by atoms with Crippen LogP contribution in [0.4, 0.5) is 0 Å². The Morgan fingerprint density at radius 2 is 1.76 bits per heavy atom. The van der Waals surface area contributed by atoms with Crippen LogP contribution in [0.2, 0.25) is 0 Å². The van der Waals surface area contributed by atoms with Crippen LogP contribution in [0.25, 0.3) is 0 Å². The minimum absolute atomic E-state index is 0.491. The number of nitriles is 1. The van der Waals surface area contributed by atoms with Gasteiger partial charge in [-0.05, 0) is 50.8 Å².